The minimum absolute atomic E-state index is 0.303. The standard InChI is InChI=1S/C18H23N3OS/c22-17(13-20-9-3-4-10-20)21-11-5-6-14(12-21)18-19-15-7-1-2-8-16(15)23-18/h1-2,7-8,14H,3-6,9-13H2/t14-/m0/s1. The van der Waals surface area contributed by atoms with E-state index in [9.17, 15) is 4.79 Å². The molecule has 1 atom stereocenters. The lowest BCUT2D eigenvalue weighted by Gasteiger charge is -2.33. The molecule has 2 fully saturated rings. The van der Waals surface area contributed by atoms with E-state index in [1.54, 1.807) is 11.3 Å². The van der Waals surface area contributed by atoms with Crippen molar-refractivity contribution >= 4 is 27.5 Å². The van der Waals surface area contributed by atoms with Gasteiger partial charge in [-0.1, -0.05) is 12.1 Å². The van der Waals surface area contributed by atoms with Crippen LogP contribution in [0, 0.1) is 0 Å². The second-order valence-electron chi connectivity index (χ2n) is 6.68. The Labute approximate surface area is 141 Å². The van der Waals surface area contributed by atoms with Gasteiger partial charge in [-0.2, -0.15) is 0 Å². The number of piperidine rings is 1. The summed E-state index contributed by atoms with van der Waals surface area (Å²) in [5.74, 6) is 0.710. The summed E-state index contributed by atoms with van der Waals surface area (Å²) in [5.41, 5.74) is 1.09. The van der Waals surface area contributed by atoms with Gasteiger partial charge < -0.3 is 4.90 Å². The third kappa shape index (κ3) is 3.26. The van der Waals surface area contributed by atoms with Crippen molar-refractivity contribution in [2.24, 2.45) is 0 Å². The van der Waals surface area contributed by atoms with E-state index in [0.29, 0.717) is 18.4 Å². The molecule has 4 rings (SSSR count). The predicted molar refractivity (Wildman–Crippen MR) is 93.8 cm³/mol. The normalized spacial score (nSPS) is 22.8. The molecule has 1 aromatic heterocycles. The molecule has 23 heavy (non-hydrogen) atoms. The molecule has 0 spiro atoms. The van der Waals surface area contributed by atoms with Gasteiger partial charge in [0.1, 0.15) is 0 Å². The molecule has 2 aromatic rings. The number of thiazole rings is 1. The van der Waals surface area contributed by atoms with Crippen molar-refractivity contribution in [3.8, 4) is 0 Å². The van der Waals surface area contributed by atoms with Crippen molar-refractivity contribution in [2.45, 2.75) is 31.6 Å². The first-order valence-corrected chi connectivity index (χ1v) is 9.47. The Kier molecular flexibility index (Phi) is 4.31. The van der Waals surface area contributed by atoms with Crippen molar-refractivity contribution in [3.05, 3.63) is 29.3 Å². The van der Waals surface area contributed by atoms with Crippen molar-refractivity contribution in [3.63, 3.8) is 0 Å². The van der Waals surface area contributed by atoms with Crippen LogP contribution in [0.3, 0.4) is 0 Å². The van der Waals surface area contributed by atoms with Gasteiger partial charge in [0.05, 0.1) is 21.8 Å². The van der Waals surface area contributed by atoms with Crippen LogP contribution in [-0.4, -0.2) is 53.4 Å². The van der Waals surface area contributed by atoms with Crippen molar-refractivity contribution in [1.82, 2.24) is 14.8 Å². The number of nitrogens with zero attached hydrogens (tertiary/aromatic N) is 3. The Hall–Kier alpha value is -1.46. The maximum Gasteiger partial charge on any atom is 0.236 e. The molecule has 0 radical (unpaired) electrons. The Balaban J connectivity index is 1.44. The van der Waals surface area contributed by atoms with E-state index < -0.39 is 0 Å². The van der Waals surface area contributed by atoms with E-state index in [-0.39, 0.29) is 0 Å². The Morgan fingerprint density at radius 2 is 2.00 bits per heavy atom. The number of likely N-dealkylation sites (tertiary alicyclic amines) is 2. The van der Waals surface area contributed by atoms with Gasteiger partial charge >= 0.3 is 0 Å². The molecule has 1 amide bonds. The number of carbonyl (C=O) groups is 1. The highest BCUT2D eigenvalue weighted by molar-refractivity contribution is 7.18. The van der Waals surface area contributed by atoms with E-state index >= 15 is 0 Å². The Morgan fingerprint density at radius 1 is 1.17 bits per heavy atom. The Bertz CT molecular complexity index is 659. The first-order chi connectivity index (χ1) is 11.3. The Morgan fingerprint density at radius 3 is 2.83 bits per heavy atom. The van der Waals surface area contributed by atoms with E-state index in [1.807, 2.05) is 6.07 Å². The molecule has 2 saturated heterocycles. The molecular formula is C18H23N3OS. The summed E-state index contributed by atoms with van der Waals surface area (Å²) >= 11 is 1.79. The molecule has 0 N–H and O–H groups in total. The number of amides is 1. The summed E-state index contributed by atoms with van der Waals surface area (Å²) in [6, 6.07) is 8.32. The molecule has 0 saturated carbocycles. The molecule has 5 heteroatoms. The lowest BCUT2D eigenvalue weighted by molar-refractivity contribution is -0.133. The second kappa shape index (κ2) is 6.57. The van der Waals surface area contributed by atoms with Gasteiger partial charge in [0, 0.05) is 19.0 Å². The molecule has 122 valence electrons. The lowest BCUT2D eigenvalue weighted by Crippen LogP contribution is -2.44. The summed E-state index contributed by atoms with van der Waals surface area (Å²) in [7, 11) is 0. The maximum absolute atomic E-state index is 12.6. The van der Waals surface area contributed by atoms with E-state index in [4.69, 9.17) is 4.98 Å². The van der Waals surface area contributed by atoms with Crippen molar-refractivity contribution in [2.75, 3.05) is 32.7 Å². The van der Waals surface area contributed by atoms with Crippen LogP contribution >= 0.6 is 11.3 Å². The number of fused-ring (bicyclic) bond motifs is 1. The van der Waals surface area contributed by atoms with Crippen LogP contribution < -0.4 is 0 Å². The third-order valence-corrected chi connectivity index (χ3v) is 6.19. The average Bonchev–Trinajstić information content (AvgIpc) is 3.24. The fourth-order valence-corrected chi connectivity index (χ4v) is 4.80. The van der Waals surface area contributed by atoms with Gasteiger partial charge in [0.25, 0.3) is 0 Å². The highest BCUT2D eigenvalue weighted by Crippen LogP contribution is 2.33. The molecular weight excluding hydrogens is 306 g/mol. The van der Waals surface area contributed by atoms with E-state index in [2.05, 4.69) is 28.0 Å². The number of hydrogen-bond acceptors (Lipinski definition) is 4. The smallest absolute Gasteiger partial charge is 0.236 e. The number of carbonyl (C=O) groups excluding carboxylic acids is 1. The van der Waals surface area contributed by atoms with Gasteiger partial charge in [-0.3, -0.25) is 9.69 Å². The van der Waals surface area contributed by atoms with Gasteiger partial charge in [-0.15, -0.1) is 11.3 Å². The third-order valence-electron chi connectivity index (χ3n) is 4.99. The monoisotopic (exact) mass is 329 g/mol. The zero-order valence-corrected chi connectivity index (χ0v) is 14.2. The second-order valence-corrected chi connectivity index (χ2v) is 7.74. The van der Waals surface area contributed by atoms with Crippen LogP contribution in [0.15, 0.2) is 24.3 Å². The summed E-state index contributed by atoms with van der Waals surface area (Å²) in [6.45, 7) is 4.52. The van der Waals surface area contributed by atoms with Crippen LogP contribution in [0.2, 0.25) is 0 Å². The predicted octanol–water partition coefficient (Wildman–Crippen LogP) is 3.10. The van der Waals surface area contributed by atoms with Gasteiger partial charge in [0.15, 0.2) is 0 Å². The molecule has 2 aliphatic rings. The fraction of sp³-hybridized carbons (Fsp3) is 0.556. The number of hydrogen-bond donors (Lipinski definition) is 0. The summed E-state index contributed by atoms with van der Waals surface area (Å²) in [6.07, 6.45) is 4.71. The number of para-hydroxylation sites is 1. The molecule has 1 aromatic carbocycles. The van der Waals surface area contributed by atoms with Crippen LogP contribution in [0.4, 0.5) is 0 Å². The van der Waals surface area contributed by atoms with Crippen LogP contribution in [0.1, 0.15) is 36.6 Å². The van der Waals surface area contributed by atoms with E-state index in [0.717, 1.165) is 44.5 Å². The zero-order valence-electron chi connectivity index (χ0n) is 13.4. The van der Waals surface area contributed by atoms with Gasteiger partial charge in [-0.25, -0.2) is 4.98 Å². The number of benzene rings is 1. The topological polar surface area (TPSA) is 36.4 Å². The molecule has 4 nitrogen and oxygen atoms in total. The van der Waals surface area contributed by atoms with Crippen LogP contribution in [-0.2, 0) is 4.79 Å². The molecule has 0 aliphatic carbocycles. The lowest BCUT2D eigenvalue weighted by atomic mass is 9.98. The first-order valence-electron chi connectivity index (χ1n) is 8.65. The molecule has 2 aliphatic heterocycles. The highest BCUT2D eigenvalue weighted by Gasteiger charge is 2.28. The first kappa shape index (κ1) is 15.1. The van der Waals surface area contributed by atoms with Crippen LogP contribution in [0.5, 0.6) is 0 Å². The SMILES string of the molecule is O=C(CN1CCCC1)N1CCC[C@H](c2nc3ccccc3s2)C1. The fourth-order valence-electron chi connectivity index (χ4n) is 3.70. The zero-order chi connectivity index (χ0) is 15.6. The number of aromatic nitrogens is 1. The molecule has 3 heterocycles. The average molecular weight is 329 g/mol. The summed E-state index contributed by atoms with van der Waals surface area (Å²) < 4.78 is 1.25. The molecule has 0 bridgehead atoms. The van der Waals surface area contributed by atoms with Gasteiger partial charge in [0.2, 0.25) is 5.91 Å². The van der Waals surface area contributed by atoms with Crippen molar-refractivity contribution < 1.29 is 4.79 Å². The summed E-state index contributed by atoms with van der Waals surface area (Å²) in [5, 5.41) is 1.20. The summed E-state index contributed by atoms with van der Waals surface area (Å²) in [4.78, 5) is 21.7. The van der Waals surface area contributed by atoms with Crippen LogP contribution in [0.25, 0.3) is 10.2 Å². The quantitative estimate of drug-likeness (QED) is 0.868. The minimum atomic E-state index is 0.303. The maximum atomic E-state index is 12.6. The number of rotatable bonds is 3. The minimum Gasteiger partial charge on any atom is -0.341 e. The van der Waals surface area contributed by atoms with Gasteiger partial charge in [-0.05, 0) is 50.9 Å². The molecule has 0 unspecified atom stereocenters. The van der Waals surface area contributed by atoms with E-state index in [1.165, 1.54) is 22.5 Å². The largest absolute Gasteiger partial charge is 0.341 e. The van der Waals surface area contributed by atoms with Crippen molar-refractivity contribution in [1.29, 1.82) is 0 Å². The highest BCUT2D eigenvalue weighted by atomic mass is 32.1.